The molecule has 1 fully saturated rings. The molecule has 1 aliphatic heterocycles. The lowest BCUT2D eigenvalue weighted by molar-refractivity contribution is 0.0693. The van der Waals surface area contributed by atoms with Crippen molar-refractivity contribution in [3.63, 3.8) is 0 Å². The third-order valence-corrected chi connectivity index (χ3v) is 5.63. The molecule has 32 heavy (non-hydrogen) atoms. The van der Waals surface area contributed by atoms with Crippen LogP contribution in [0.4, 0.5) is 4.39 Å². The van der Waals surface area contributed by atoms with E-state index in [1.54, 1.807) is 35.7 Å². The molecule has 0 bridgehead atoms. The summed E-state index contributed by atoms with van der Waals surface area (Å²) in [7, 11) is 1.58. The van der Waals surface area contributed by atoms with Crippen molar-refractivity contribution in [2.24, 2.45) is 0 Å². The number of nitrogens with one attached hydrogen (secondary N) is 1. The fourth-order valence-corrected chi connectivity index (χ4v) is 3.81. The second kappa shape index (κ2) is 9.17. The van der Waals surface area contributed by atoms with E-state index in [4.69, 9.17) is 4.74 Å². The van der Waals surface area contributed by atoms with E-state index in [-0.39, 0.29) is 29.1 Å². The maximum Gasteiger partial charge on any atom is 0.273 e. The van der Waals surface area contributed by atoms with Gasteiger partial charge in [0.1, 0.15) is 11.6 Å². The molecular weight excluding hydrogens is 413 g/mol. The van der Waals surface area contributed by atoms with Crippen molar-refractivity contribution in [2.75, 3.05) is 20.2 Å². The van der Waals surface area contributed by atoms with E-state index < -0.39 is 5.82 Å². The van der Waals surface area contributed by atoms with Gasteiger partial charge in [0.05, 0.1) is 24.1 Å². The lowest BCUT2D eigenvalue weighted by Crippen LogP contribution is -2.46. The molecule has 2 heterocycles. The van der Waals surface area contributed by atoms with Crippen LogP contribution in [0.5, 0.6) is 5.75 Å². The number of hydrogen-bond acceptors (Lipinski definition) is 5. The van der Waals surface area contributed by atoms with E-state index in [1.807, 2.05) is 24.3 Å². The summed E-state index contributed by atoms with van der Waals surface area (Å²) in [5, 5.41) is 11.2. The number of likely N-dealkylation sites (tertiary alicyclic amines) is 1. The number of carbonyl (C=O) groups excluding carboxylic acids is 2. The van der Waals surface area contributed by atoms with Crippen molar-refractivity contribution < 1.29 is 18.7 Å². The molecule has 1 N–H and O–H groups in total. The van der Waals surface area contributed by atoms with E-state index in [2.05, 4.69) is 15.6 Å². The minimum Gasteiger partial charge on any atom is -0.497 e. The zero-order valence-electron chi connectivity index (χ0n) is 17.9. The molecular formula is C23H24FN5O3. The molecule has 0 aliphatic carbocycles. The summed E-state index contributed by atoms with van der Waals surface area (Å²) in [5.41, 5.74) is 1.67. The van der Waals surface area contributed by atoms with Crippen LogP contribution in [-0.2, 0) is 0 Å². The average molecular weight is 437 g/mol. The van der Waals surface area contributed by atoms with Crippen LogP contribution in [0, 0.1) is 12.7 Å². The van der Waals surface area contributed by atoms with E-state index in [0.717, 1.165) is 5.69 Å². The minimum absolute atomic E-state index is 0.0692. The number of amides is 2. The first-order chi connectivity index (χ1) is 15.5. The standard InChI is InChI=1S/C23H24FN5O3/c1-15-21(26-27-29(15)17-6-5-7-18(14-17)32-2)22(30)25-16-10-12-28(13-11-16)23(31)19-8-3-4-9-20(19)24/h3-9,14,16H,10-13H2,1-2H3,(H,25,30). The van der Waals surface area contributed by atoms with Gasteiger partial charge in [0.15, 0.2) is 5.69 Å². The Labute approximate surface area is 185 Å². The molecule has 2 aromatic carbocycles. The highest BCUT2D eigenvalue weighted by Gasteiger charge is 2.27. The third kappa shape index (κ3) is 4.32. The van der Waals surface area contributed by atoms with Gasteiger partial charge in [0.2, 0.25) is 0 Å². The number of rotatable bonds is 5. The van der Waals surface area contributed by atoms with Crippen LogP contribution in [0.25, 0.3) is 5.69 Å². The van der Waals surface area contributed by atoms with Crippen molar-refractivity contribution in [2.45, 2.75) is 25.8 Å². The van der Waals surface area contributed by atoms with Crippen LogP contribution >= 0.6 is 0 Å². The maximum absolute atomic E-state index is 13.9. The molecule has 3 aromatic rings. The van der Waals surface area contributed by atoms with Crippen LogP contribution in [-0.4, -0.2) is 57.9 Å². The van der Waals surface area contributed by atoms with Gasteiger partial charge in [-0.25, -0.2) is 9.07 Å². The Balaban J connectivity index is 1.38. The predicted octanol–water partition coefficient (Wildman–Crippen LogP) is 2.76. The van der Waals surface area contributed by atoms with Crippen LogP contribution in [0.2, 0.25) is 0 Å². The smallest absolute Gasteiger partial charge is 0.273 e. The number of carbonyl (C=O) groups is 2. The number of nitrogens with zero attached hydrogens (tertiary/aromatic N) is 4. The Bertz CT molecular complexity index is 1140. The zero-order valence-corrected chi connectivity index (χ0v) is 17.9. The zero-order chi connectivity index (χ0) is 22.7. The topological polar surface area (TPSA) is 89.3 Å². The maximum atomic E-state index is 13.9. The Hall–Kier alpha value is -3.75. The van der Waals surface area contributed by atoms with Gasteiger partial charge in [0, 0.05) is 25.2 Å². The first kappa shape index (κ1) is 21.5. The summed E-state index contributed by atoms with van der Waals surface area (Å²) >= 11 is 0. The molecule has 8 nitrogen and oxygen atoms in total. The SMILES string of the molecule is COc1cccc(-n2nnc(C(=O)NC3CCN(C(=O)c4ccccc4F)CC3)c2C)c1. The van der Waals surface area contributed by atoms with Crippen molar-refractivity contribution in [3.05, 3.63) is 71.3 Å². The van der Waals surface area contributed by atoms with Gasteiger partial charge < -0.3 is 15.0 Å². The monoisotopic (exact) mass is 437 g/mol. The highest BCUT2D eigenvalue weighted by atomic mass is 19.1. The van der Waals surface area contributed by atoms with Gasteiger partial charge in [-0.05, 0) is 44.0 Å². The van der Waals surface area contributed by atoms with Crippen molar-refractivity contribution in [1.29, 1.82) is 0 Å². The number of aromatic nitrogens is 3. The van der Waals surface area contributed by atoms with Gasteiger partial charge in [-0.2, -0.15) is 0 Å². The third-order valence-electron chi connectivity index (χ3n) is 5.63. The molecule has 1 aliphatic rings. The molecule has 0 radical (unpaired) electrons. The molecule has 9 heteroatoms. The average Bonchev–Trinajstić information content (AvgIpc) is 3.21. The lowest BCUT2D eigenvalue weighted by atomic mass is 10.0. The van der Waals surface area contributed by atoms with Crippen molar-refractivity contribution in [3.8, 4) is 11.4 Å². The van der Waals surface area contributed by atoms with E-state index in [1.165, 1.54) is 12.1 Å². The summed E-state index contributed by atoms with van der Waals surface area (Å²) in [6.45, 7) is 2.66. The molecule has 0 atom stereocenters. The highest BCUT2D eigenvalue weighted by molar-refractivity contribution is 5.95. The summed E-state index contributed by atoms with van der Waals surface area (Å²) < 4.78 is 20.7. The van der Waals surface area contributed by atoms with Gasteiger partial charge in [-0.15, -0.1) is 5.10 Å². The first-order valence-electron chi connectivity index (χ1n) is 10.4. The normalized spacial score (nSPS) is 14.3. The molecule has 4 rings (SSSR count). The largest absolute Gasteiger partial charge is 0.497 e. The van der Waals surface area contributed by atoms with Crippen LogP contribution in [0.3, 0.4) is 0 Å². The number of halogens is 1. The van der Waals surface area contributed by atoms with E-state index >= 15 is 0 Å². The Morgan fingerprint density at radius 1 is 1.12 bits per heavy atom. The molecule has 1 aromatic heterocycles. The van der Waals surface area contributed by atoms with Crippen LogP contribution < -0.4 is 10.1 Å². The summed E-state index contributed by atoms with van der Waals surface area (Å²) in [4.78, 5) is 27.0. The number of methoxy groups -OCH3 is 1. The minimum atomic E-state index is -0.525. The molecule has 0 saturated carbocycles. The predicted molar refractivity (Wildman–Crippen MR) is 115 cm³/mol. The van der Waals surface area contributed by atoms with Gasteiger partial charge in [0.25, 0.3) is 11.8 Å². The molecule has 0 spiro atoms. The summed E-state index contributed by atoms with van der Waals surface area (Å²) in [6.07, 6.45) is 1.16. The van der Waals surface area contributed by atoms with Gasteiger partial charge in [-0.3, -0.25) is 9.59 Å². The quantitative estimate of drug-likeness (QED) is 0.663. The second-order valence-corrected chi connectivity index (χ2v) is 7.66. The van der Waals surface area contributed by atoms with Crippen molar-refractivity contribution >= 4 is 11.8 Å². The first-order valence-corrected chi connectivity index (χ1v) is 10.4. The molecule has 0 unspecified atom stereocenters. The number of ether oxygens (including phenoxy) is 1. The number of hydrogen-bond donors (Lipinski definition) is 1. The van der Waals surface area contributed by atoms with Crippen molar-refractivity contribution in [1.82, 2.24) is 25.2 Å². The summed E-state index contributed by atoms with van der Waals surface area (Å²) in [6, 6.07) is 13.2. The Morgan fingerprint density at radius 3 is 2.59 bits per heavy atom. The number of benzene rings is 2. The van der Waals surface area contributed by atoms with Gasteiger partial charge in [-0.1, -0.05) is 23.4 Å². The summed E-state index contributed by atoms with van der Waals surface area (Å²) in [5.74, 6) is -0.483. The molecule has 2 amide bonds. The van der Waals surface area contributed by atoms with E-state index in [9.17, 15) is 14.0 Å². The van der Waals surface area contributed by atoms with E-state index in [0.29, 0.717) is 37.4 Å². The Morgan fingerprint density at radius 2 is 1.88 bits per heavy atom. The molecule has 166 valence electrons. The lowest BCUT2D eigenvalue weighted by Gasteiger charge is -2.32. The fourth-order valence-electron chi connectivity index (χ4n) is 3.81. The number of piperidine rings is 1. The Kier molecular flexibility index (Phi) is 6.16. The second-order valence-electron chi connectivity index (χ2n) is 7.66. The van der Waals surface area contributed by atoms with Crippen LogP contribution in [0.1, 0.15) is 39.4 Å². The highest BCUT2D eigenvalue weighted by Crippen LogP contribution is 2.19. The molecule has 1 saturated heterocycles. The van der Waals surface area contributed by atoms with Crippen LogP contribution in [0.15, 0.2) is 48.5 Å². The fraction of sp³-hybridized carbons (Fsp3) is 0.304. The van der Waals surface area contributed by atoms with Gasteiger partial charge >= 0.3 is 0 Å².